The van der Waals surface area contributed by atoms with Gasteiger partial charge in [0.2, 0.25) is 0 Å². The molecule has 6 nitrogen and oxygen atoms in total. The number of methoxy groups -OCH3 is 1. The molecular weight excluding hydrogens is 352 g/mol. The van der Waals surface area contributed by atoms with Crippen molar-refractivity contribution >= 4 is 11.6 Å². The molecule has 1 aromatic carbocycles. The standard InChI is InChI=1S/C22H26N4O2/c1-17(9-12-23)25-14-10-20(11-15-25)26(19-5-7-21(28-2)8-6-19)22(27)18-4-3-13-24-16-18/h3-8,13,16-17,20H,9-11,14-15H2,1-2H3. The van der Waals surface area contributed by atoms with Crippen molar-refractivity contribution in [1.29, 1.82) is 5.26 Å². The summed E-state index contributed by atoms with van der Waals surface area (Å²) in [4.78, 5) is 21.6. The average Bonchev–Trinajstić information content (AvgIpc) is 2.75. The van der Waals surface area contributed by atoms with Crippen LogP contribution in [0.1, 0.15) is 36.5 Å². The highest BCUT2D eigenvalue weighted by molar-refractivity contribution is 6.06. The first kappa shape index (κ1) is 19.8. The largest absolute Gasteiger partial charge is 0.497 e. The van der Waals surface area contributed by atoms with Crippen LogP contribution in [-0.2, 0) is 0 Å². The molecule has 1 aliphatic heterocycles. The number of rotatable bonds is 6. The van der Waals surface area contributed by atoms with E-state index >= 15 is 0 Å². The van der Waals surface area contributed by atoms with Gasteiger partial charge in [0, 0.05) is 43.3 Å². The summed E-state index contributed by atoms with van der Waals surface area (Å²) in [5, 5.41) is 8.95. The molecule has 0 N–H and O–H groups in total. The van der Waals surface area contributed by atoms with Gasteiger partial charge in [0.05, 0.1) is 25.2 Å². The summed E-state index contributed by atoms with van der Waals surface area (Å²) in [5.41, 5.74) is 1.44. The van der Waals surface area contributed by atoms with Gasteiger partial charge in [-0.05, 0) is 56.2 Å². The third-order valence-corrected chi connectivity index (χ3v) is 5.35. The monoisotopic (exact) mass is 378 g/mol. The second kappa shape index (κ2) is 9.34. The molecule has 1 amide bonds. The molecule has 1 unspecified atom stereocenters. The number of aromatic nitrogens is 1. The summed E-state index contributed by atoms with van der Waals surface area (Å²) >= 11 is 0. The van der Waals surface area contributed by atoms with Gasteiger partial charge in [0.1, 0.15) is 5.75 Å². The summed E-state index contributed by atoms with van der Waals surface area (Å²) < 4.78 is 5.26. The fourth-order valence-electron chi connectivity index (χ4n) is 3.71. The Labute approximate surface area is 166 Å². The van der Waals surface area contributed by atoms with E-state index in [1.54, 1.807) is 31.6 Å². The number of benzene rings is 1. The van der Waals surface area contributed by atoms with E-state index in [9.17, 15) is 4.79 Å². The smallest absolute Gasteiger partial charge is 0.260 e. The number of pyridine rings is 1. The van der Waals surface area contributed by atoms with Crippen LogP contribution < -0.4 is 9.64 Å². The van der Waals surface area contributed by atoms with Crippen molar-refractivity contribution in [2.75, 3.05) is 25.1 Å². The first-order chi connectivity index (χ1) is 13.6. The second-order valence-corrected chi connectivity index (χ2v) is 7.09. The molecule has 146 valence electrons. The first-order valence-corrected chi connectivity index (χ1v) is 9.62. The van der Waals surface area contributed by atoms with Gasteiger partial charge in [-0.25, -0.2) is 0 Å². The molecule has 0 radical (unpaired) electrons. The Balaban J connectivity index is 1.83. The molecule has 3 rings (SSSR count). The third-order valence-electron chi connectivity index (χ3n) is 5.35. The van der Waals surface area contributed by atoms with Gasteiger partial charge < -0.3 is 9.64 Å². The van der Waals surface area contributed by atoms with E-state index in [1.807, 2.05) is 29.2 Å². The topological polar surface area (TPSA) is 69.5 Å². The number of nitriles is 1. The van der Waals surface area contributed by atoms with Crippen molar-refractivity contribution in [2.24, 2.45) is 0 Å². The van der Waals surface area contributed by atoms with Crippen LogP contribution in [-0.4, -0.2) is 48.1 Å². The van der Waals surface area contributed by atoms with E-state index in [0.29, 0.717) is 12.0 Å². The number of amides is 1. The molecule has 1 atom stereocenters. The lowest BCUT2D eigenvalue weighted by Gasteiger charge is -2.40. The average molecular weight is 378 g/mol. The lowest BCUT2D eigenvalue weighted by atomic mass is 9.99. The van der Waals surface area contributed by atoms with Gasteiger partial charge in [-0.1, -0.05) is 0 Å². The summed E-state index contributed by atoms with van der Waals surface area (Å²) in [5.74, 6) is 0.722. The number of hydrogen-bond acceptors (Lipinski definition) is 5. The SMILES string of the molecule is COc1ccc(N(C(=O)c2cccnc2)C2CCN(C(C)CC#N)CC2)cc1. The van der Waals surface area contributed by atoms with Gasteiger partial charge in [-0.3, -0.25) is 14.7 Å². The predicted molar refractivity (Wildman–Crippen MR) is 108 cm³/mol. The van der Waals surface area contributed by atoms with Crippen LogP contribution in [0.3, 0.4) is 0 Å². The Bertz CT molecular complexity index is 809. The van der Waals surface area contributed by atoms with Crippen molar-refractivity contribution < 1.29 is 9.53 Å². The van der Waals surface area contributed by atoms with Crippen molar-refractivity contribution in [2.45, 2.75) is 38.3 Å². The highest BCUT2D eigenvalue weighted by Crippen LogP contribution is 2.28. The van der Waals surface area contributed by atoms with Gasteiger partial charge >= 0.3 is 0 Å². The minimum Gasteiger partial charge on any atom is -0.497 e. The molecule has 2 heterocycles. The Morgan fingerprint density at radius 3 is 2.61 bits per heavy atom. The molecular formula is C22H26N4O2. The number of carbonyl (C=O) groups is 1. The van der Waals surface area contributed by atoms with E-state index in [-0.39, 0.29) is 18.0 Å². The van der Waals surface area contributed by atoms with Crippen LogP contribution in [0.15, 0.2) is 48.8 Å². The Hall–Kier alpha value is -2.91. The van der Waals surface area contributed by atoms with E-state index < -0.39 is 0 Å². The van der Waals surface area contributed by atoms with Crippen LogP contribution in [0, 0.1) is 11.3 Å². The third kappa shape index (κ3) is 4.49. The maximum Gasteiger partial charge on any atom is 0.260 e. The first-order valence-electron chi connectivity index (χ1n) is 9.62. The van der Waals surface area contributed by atoms with Crippen LogP contribution in [0.5, 0.6) is 5.75 Å². The van der Waals surface area contributed by atoms with Crippen molar-refractivity contribution in [1.82, 2.24) is 9.88 Å². The van der Waals surface area contributed by atoms with Crippen LogP contribution in [0.2, 0.25) is 0 Å². The lowest BCUT2D eigenvalue weighted by Crippen LogP contribution is -2.49. The highest BCUT2D eigenvalue weighted by atomic mass is 16.5. The summed E-state index contributed by atoms with van der Waals surface area (Å²) in [7, 11) is 1.63. The summed E-state index contributed by atoms with van der Waals surface area (Å²) in [6.45, 7) is 3.84. The molecule has 0 spiro atoms. The number of hydrogen-bond donors (Lipinski definition) is 0. The van der Waals surface area contributed by atoms with E-state index in [1.165, 1.54) is 0 Å². The molecule has 1 aromatic heterocycles. The molecule has 1 saturated heterocycles. The molecule has 2 aromatic rings. The van der Waals surface area contributed by atoms with Crippen molar-refractivity contribution in [3.63, 3.8) is 0 Å². The van der Waals surface area contributed by atoms with Gasteiger partial charge in [0.15, 0.2) is 0 Å². The molecule has 0 saturated carbocycles. The van der Waals surface area contributed by atoms with Gasteiger partial charge in [0.25, 0.3) is 5.91 Å². The number of likely N-dealkylation sites (tertiary alicyclic amines) is 1. The second-order valence-electron chi connectivity index (χ2n) is 7.09. The molecule has 0 aliphatic carbocycles. The zero-order valence-corrected chi connectivity index (χ0v) is 16.4. The normalized spacial score (nSPS) is 16.2. The number of carbonyl (C=O) groups excluding carboxylic acids is 1. The molecule has 6 heteroatoms. The fraction of sp³-hybridized carbons (Fsp3) is 0.409. The van der Waals surface area contributed by atoms with Gasteiger partial charge in [-0.2, -0.15) is 5.26 Å². The number of nitrogens with zero attached hydrogens (tertiary/aromatic N) is 4. The minimum absolute atomic E-state index is 0.0400. The Kier molecular flexibility index (Phi) is 6.62. The fourth-order valence-corrected chi connectivity index (χ4v) is 3.71. The summed E-state index contributed by atoms with van der Waals surface area (Å²) in [6.07, 6.45) is 5.55. The van der Waals surface area contributed by atoms with Crippen LogP contribution in [0.4, 0.5) is 5.69 Å². The van der Waals surface area contributed by atoms with E-state index in [4.69, 9.17) is 10.00 Å². The Morgan fingerprint density at radius 1 is 1.32 bits per heavy atom. The van der Waals surface area contributed by atoms with E-state index in [0.717, 1.165) is 37.4 Å². The zero-order valence-electron chi connectivity index (χ0n) is 16.4. The Morgan fingerprint density at radius 2 is 2.04 bits per heavy atom. The van der Waals surface area contributed by atoms with Gasteiger partial charge in [-0.15, -0.1) is 0 Å². The van der Waals surface area contributed by atoms with E-state index in [2.05, 4.69) is 22.9 Å². The molecule has 1 fully saturated rings. The maximum absolute atomic E-state index is 13.3. The number of anilines is 1. The molecule has 0 bridgehead atoms. The predicted octanol–water partition coefficient (Wildman–Crippen LogP) is 3.50. The number of piperidine rings is 1. The lowest BCUT2D eigenvalue weighted by molar-refractivity contribution is 0.0950. The molecule has 28 heavy (non-hydrogen) atoms. The highest BCUT2D eigenvalue weighted by Gasteiger charge is 2.31. The zero-order chi connectivity index (χ0) is 19.9. The minimum atomic E-state index is -0.0400. The quantitative estimate of drug-likeness (QED) is 0.769. The van der Waals surface area contributed by atoms with Crippen LogP contribution >= 0.6 is 0 Å². The van der Waals surface area contributed by atoms with Crippen LogP contribution in [0.25, 0.3) is 0 Å². The van der Waals surface area contributed by atoms with Crippen molar-refractivity contribution in [3.05, 3.63) is 54.4 Å². The molecule has 1 aliphatic rings. The maximum atomic E-state index is 13.3. The summed E-state index contributed by atoms with van der Waals surface area (Å²) in [6, 6.07) is 13.8. The van der Waals surface area contributed by atoms with Crippen molar-refractivity contribution in [3.8, 4) is 11.8 Å². The number of ether oxygens (including phenoxy) is 1.